The number of hydrogen-bond donors (Lipinski definition) is 1. The molecule has 3 rings (SSSR count). The van der Waals surface area contributed by atoms with Gasteiger partial charge in [0, 0.05) is 10.9 Å². The second-order valence-electron chi connectivity index (χ2n) is 9.83. The fourth-order valence-electron chi connectivity index (χ4n) is 3.38. The quantitative estimate of drug-likeness (QED) is 0.677. The van der Waals surface area contributed by atoms with Crippen molar-refractivity contribution in [3.63, 3.8) is 0 Å². The first-order valence-electron chi connectivity index (χ1n) is 9.92. The van der Waals surface area contributed by atoms with Crippen molar-refractivity contribution in [1.82, 2.24) is 4.90 Å². The van der Waals surface area contributed by atoms with E-state index in [0.717, 1.165) is 11.0 Å². The van der Waals surface area contributed by atoms with E-state index in [9.17, 15) is 23.1 Å². The van der Waals surface area contributed by atoms with E-state index in [1.54, 1.807) is 20.8 Å². The van der Waals surface area contributed by atoms with Crippen LogP contribution in [0.3, 0.4) is 0 Å². The van der Waals surface area contributed by atoms with E-state index in [4.69, 9.17) is 13.7 Å². The summed E-state index contributed by atoms with van der Waals surface area (Å²) in [6.45, 7) is 12.2. The first kappa shape index (κ1) is 23.5. The Bertz CT molecular complexity index is 991. The first-order chi connectivity index (χ1) is 13.9. The van der Waals surface area contributed by atoms with E-state index in [0.29, 0.717) is 0 Å². The van der Waals surface area contributed by atoms with Crippen molar-refractivity contribution < 1.29 is 36.8 Å². The summed E-state index contributed by atoms with van der Waals surface area (Å²) < 4.78 is 58.8. The van der Waals surface area contributed by atoms with Crippen LogP contribution in [0.15, 0.2) is 22.6 Å². The van der Waals surface area contributed by atoms with Gasteiger partial charge in [0.05, 0.1) is 23.3 Å². The maximum atomic E-state index is 13.8. The zero-order valence-corrected chi connectivity index (χ0v) is 18.7. The number of furan rings is 1. The van der Waals surface area contributed by atoms with E-state index in [1.807, 2.05) is 27.7 Å². The highest BCUT2D eigenvalue weighted by Crippen LogP contribution is 2.39. The Hall–Kier alpha value is -2.20. The minimum Gasteiger partial charge on any atom is -0.465 e. The van der Waals surface area contributed by atoms with Crippen LogP contribution in [0.1, 0.15) is 59.8 Å². The molecular formula is C21H27BF3NO5. The van der Waals surface area contributed by atoms with Crippen LogP contribution in [-0.2, 0) is 22.0 Å². The zero-order chi connectivity index (χ0) is 23.6. The smallest absolute Gasteiger partial charge is 0.465 e. The molecule has 0 saturated carbocycles. The molecule has 1 N–H and O–H groups in total. The number of benzene rings is 1. The van der Waals surface area contributed by atoms with Crippen LogP contribution in [0.4, 0.5) is 18.0 Å². The third-order valence-corrected chi connectivity index (χ3v) is 5.88. The van der Waals surface area contributed by atoms with E-state index >= 15 is 0 Å². The SMILES string of the molecule is CC(C)(C)N(Cc1cc2cc(B3OC(C)(C)C(C)(C)O3)cc(C(F)(F)F)c2o1)C(=O)O. The molecule has 2 aromatic rings. The van der Waals surface area contributed by atoms with Crippen LogP contribution in [0, 0.1) is 0 Å². The summed E-state index contributed by atoms with van der Waals surface area (Å²) in [7, 11) is -0.973. The molecule has 1 aromatic heterocycles. The third-order valence-electron chi connectivity index (χ3n) is 5.88. The van der Waals surface area contributed by atoms with Crippen LogP contribution in [0.25, 0.3) is 11.0 Å². The number of rotatable bonds is 3. The molecule has 1 aliphatic rings. The summed E-state index contributed by atoms with van der Waals surface area (Å²) in [4.78, 5) is 12.7. The second-order valence-corrected chi connectivity index (χ2v) is 9.83. The van der Waals surface area contributed by atoms with Crippen LogP contribution in [0.2, 0.25) is 0 Å². The highest BCUT2D eigenvalue weighted by atomic mass is 19.4. The standard InChI is InChI=1S/C21H27BF3NO5/c1-18(2,3)26(17(27)28)11-14-9-12-8-13(10-15(16(12)29-14)21(23,24)25)22-30-19(4,5)20(6,7)31-22/h8-10H,11H2,1-7H3,(H,27,28). The number of fused-ring (bicyclic) bond motifs is 1. The second kappa shape index (κ2) is 7.16. The van der Waals surface area contributed by atoms with Crippen LogP contribution < -0.4 is 5.46 Å². The van der Waals surface area contributed by atoms with Crippen molar-refractivity contribution in [2.75, 3.05) is 0 Å². The average Bonchev–Trinajstić information content (AvgIpc) is 3.06. The molecule has 170 valence electrons. The number of halogens is 3. The van der Waals surface area contributed by atoms with E-state index in [1.165, 1.54) is 12.1 Å². The number of hydrogen-bond acceptors (Lipinski definition) is 4. The van der Waals surface area contributed by atoms with E-state index in [2.05, 4.69) is 0 Å². The molecule has 31 heavy (non-hydrogen) atoms. The fraction of sp³-hybridized carbons (Fsp3) is 0.571. The van der Waals surface area contributed by atoms with Gasteiger partial charge in [-0.1, -0.05) is 6.07 Å². The summed E-state index contributed by atoms with van der Waals surface area (Å²) >= 11 is 0. The molecule has 10 heteroatoms. The Morgan fingerprint density at radius 3 is 2.06 bits per heavy atom. The Balaban J connectivity index is 2.08. The predicted octanol–water partition coefficient (Wildman–Crippen LogP) is 5.03. The molecule has 0 bridgehead atoms. The van der Waals surface area contributed by atoms with Crippen molar-refractivity contribution in [2.45, 2.75) is 77.9 Å². The molecule has 0 unspecified atom stereocenters. The van der Waals surface area contributed by atoms with Crippen molar-refractivity contribution >= 4 is 29.6 Å². The van der Waals surface area contributed by atoms with Gasteiger partial charge in [-0.2, -0.15) is 13.2 Å². The Labute approximate surface area is 179 Å². The van der Waals surface area contributed by atoms with Crippen molar-refractivity contribution in [3.05, 3.63) is 29.5 Å². The van der Waals surface area contributed by atoms with Gasteiger partial charge in [-0.05, 0) is 66.1 Å². The van der Waals surface area contributed by atoms with Gasteiger partial charge < -0.3 is 18.8 Å². The minimum atomic E-state index is -4.68. The van der Waals surface area contributed by atoms with E-state index < -0.39 is 41.7 Å². The maximum Gasteiger partial charge on any atom is 0.494 e. The third kappa shape index (κ3) is 4.41. The highest BCUT2D eigenvalue weighted by molar-refractivity contribution is 6.62. The van der Waals surface area contributed by atoms with Crippen LogP contribution in [-0.4, -0.2) is 40.0 Å². The lowest BCUT2D eigenvalue weighted by atomic mass is 9.77. The number of carboxylic acid groups (broad SMARTS) is 1. The van der Waals surface area contributed by atoms with Crippen LogP contribution >= 0.6 is 0 Å². The van der Waals surface area contributed by atoms with Gasteiger partial charge in [-0.3, -0.25) is 4.90 Å². The summed E-state index contributed by atoms with van der Waals surface area (Å²) in [6.07, 6.45) is -5.87. The van der Waals surface area contributed by atoms with Crippen molar-refractivity contribution in [1.29, 1.82) is 0 Å². The summed E-state index contributed by atoms with van der Waals surface area (Å²) in [5.74, 6) is 0.115. The normalized spacial score (nSPS) is 18.6. The maximum absolute atomic E-state index is 13.8. The lowest BCUT2D eigenvalue weighted by Gasteiger charge is -2.32. The van der Waals surface area contributed by atoms with Gasteiger partial charge in [-0.15, -0.1) is 0 Å². The molecule has 0 aliphatic carbocycles. The van der Waals surface area contributed by atoms with Crippen molar-refractivity contribution in [2.24, 2.45) is 0 Å². The lowest BCUT2D eigenvalue weighted by Crippen LogP contribution is -2.44. The minimum absolute atomic E-state index is 0.115. The number of nitrogens with zero attached hydrogens (tertiary/aromatic N) is 1. The molecular weight excluding hydrogens is 414 g/mol. The lowest BCUT2D eigenvalue weighted by molar-refractivity contribution is -0.136. The number of amides is 1. The molecule has 0 atom stereocenters. The van der Waals surface area contributed by atoms with Gasteiger partial charge in [0.15, 0.2) is 0 Å². The Kier molecular flexibility index (Phi) is 5.42. The predicted molar refractivity (Wildman–Crippen MR) is 110 cm³/mol. The zero-order valence-electron chi connectivity index (χ0n) is 18.7. The summed E-state index contributed by atoms with van der Waals surface area (Å²) in [5.41, 5.74) is -3.26. The van der Waals surface area contributed by atoms with Gasteiger partial charge in [0.1, 0.15) is 11.3 Å². The van der Waals surface area contributed by atoms with Crippen molar-refractivity contribution in [3.8, 4) is 0 Å². The van der Waals surface area contributed by atoms with Gasteiger partial charge >= 0.3 is 19.4 Å². The van der Waals surface area contributed by atoms with E-state index in [-0.39, 0.29) is 28.7 Å². The molecule has 1 aromatic carbocycles. The number of carbonyl (C=O) groups is 1. The van der Waals surface area contributed by atoms with Crippen LogP contribution in [0.5, 0.6) is 0 Å². The monoisotopic (exact) mass is 441 g/mol. The molecule has 1 fully saturated rings. The van der Waals surface area contributed by atoms with Gasteiger partial charge in [0.2, 0.25) is 0 Å². The summed E-state index contributed by atoms with van der Waals surface area (Å²) in [5, 5.41) is 9.69. The van der Waals surface area contributed by atoms with Gasteiger partial charge in [-0.25, -0.2) is 4.79 Å². The van der Waals surface area contributed by atoms with Gasteiger partial charge in [0.25, 0.3) is 0 Å². The average molecular weight is 441 g/mol. The largest absolute Gasteiger partial charge is 0.494 e. The molecule has 6 nitrogen and oxygen atoms in total. The molecule has 0 radical (unpaired) electrons. The fourth-order valence-corrected chi connectivity index (χ4v) is 3.38. The summed E-state index contributed by atoms with van der Waals surface area (Å²) in [6, 6.07) is 3.93. The first-order valence-corrected chi connectivity index (χ1v) is 9.92. The molecule has 0 spiro atoms. The molecule has 1 amide bonds. The Morgan fingerprint density at radius 2 is 1.61 bits per heavy atom. The molecule has 1 aliphatic heterocycles. The highest BCUT2D eigenvalue weighted by Gasteiger charge is 2.52. The molecule has 2 heterocycles. The topological polar surface area (TPSA) is 72.1 Å². The Morgan fingerprint density at radius 1 is 1.06 bits per heavy atom. The molecule has 1 saturated heterocycles. The number of alkyl halides is 3.